The predicted octanol–water partition coefficient (Wildman–Crippen LogP) is 2.70. The van der Waals surface area contributed by atoms with Gasteiger partial charge in [-0.3, -0.25) is 9.59 Å². The predicted molar refractivity (Wildman–Crippen MR) is 112 cm³/mol. The highest BCUT2D eigenvalue weighted by Gasteiger charge is 2.35. The van der Waals surface area contributed by atoms with E-state index >= 15 is 0 Å². The lowest BCUT2D eigenvalue weighted by molar-refractivity contribution is -0.142. The van der Waals surface area contributed by atoms with E-state index in [1.165, 1.54) is 11.0 Å². The Kier molecular flexibility index (Phi) is 5.27. The lowest BCUT2D eigenvalue weighted by Crippen LogP contribution is -2.48. The van der Waals surface area contributed by atoms with Crippen LogP contribution in [0.15, 0.2) is 63.8 Å². The third kappa shape index (κ3) is 3.78. The van der Waals surface area contributed by atoms with Gasteiger partial charge in [0.25, 0.3) is 5.91 Å². The molecule has 7 heteroatoms. The van der Waals surface area contributed by atoms with E-state index in [4.69, 9.17) is 14.9 Å². The molecule has 2 atom stereocenters. The number of benzene rings is 2. The molecule has 154 valence electrons. The quantitative estimate of drug-likeness (QED) is 0.656. The number of carbonyl (C=O) groups excluding carboxylic acids is 2. The maximum atomic E-state index is 12.7. The van der Waals surface area contributed by atoms with Gasteiger partial charge in [-0.15, -0.1) is 0 Å². The Balaban J connectivity index is 1.60. The van der Waals surface area contributed by atoms with Crippen LogP contribution in [-0.2, 0) is 9.59 Å². The summed E-state index contributed by atoms with van der Waals surface area (Å²) in [5.41, 5.74) is 6.97. The van der Waals surface area contributed by atoms with Gasteiger partial charge in [0.1, 0.15) is 17.4 Å². The first kappa shape index (κ1) is 19.7. The average Bonchev–Trinajstić information content (AvgIpc) is 3.23. The Bertz CT molecular complexity index is 1160. The van der Waals surface area contributed by atoms with Crippen molar-refractivity contribution in [3.63, 3.8) is 0 Å². The lowest BCUT2D eigenvalue weighted by atomic mass is 10.0. The van der Waals surface area contributed by atoms with E-state index in [0.29, 0.717) is 24.3 Å². The van der Waals surface area contributed by atoms with E-state index in [1.807, 2.05) is 30.3 Å². The minimum absolute atomic E-state index is 0.295. The number of ether oxygens (including phenoxy) is 1. The van der Waals surface area contributed by atoms with E-state index in [2.05, 4.69) is 0 Å². The molecule has 0 unspecified atom stereocenters. The van der Waals surface area contributed by atoms with Crippen molar-refractivity contribution in [3.05, 3.63) is 65.0 Å². The van der Waals surface area contributed by atoms with Gasteiger partial charge in [-0.25, -0.2) is 4.79 Å². The van der Waals surface area contributed by atoms with Crippen LogP contribution in [0.25, 0.3) is 22.1 Å². The van der Waals surface area contributed by atoms with Gasteiger partial charge in [0.15, 0.2) is 6.10 Å². The number of likely N-dealkylation sites (tertiary alicyclic amines) is 1. The second kappa shape index (κ2) is 8.02. The Hall–Kier alpha value is -3.61. The van der Waals surface area contributed by atoms with Crippen LogP contribution in [0, 0.1) is 0 Å². The van der Waals surface area contributed by atoms with Crippen LogP contribution in [0.2, 0.25) is 0 Å². The zero-order valence-corrected chi connectivity index (χ0v) is 16.5. The topological polar surface area (TPSA) is 103 Å². The van der Waals surface area contributed by atoms with E-state index in [0.717, 1.165) is 22.9 Å². The van der Waals surface area contributed by atoms with Gasteiger partial charge in [0, 0.05) is 24.1 Å². The summed E-state index contributed by atoms with van der Waals surface area (Å²) >= 11 is 0. The fourth-order valence-corrected chi connectivity index (χ4v) is 3.89. The molecule has 3 aromatic rings. The number of primary amides is 1. The molecule has 7 nitrogen and oxygen atoms in total. The smallest absolute Gasteiger partial charge is 0.336 e. The van der Waals surface area contributed by atoms with Crippen LogP contribution in [0.1, 0.15) is 19.8 Å². The van der Waals surface area contributed by atoms with Gasteiger partial charge >= 0.3 is 5.63 Å². The first-order valence-electron chi connectivity index (χ1n) is 9.84. The Labute approximate surface area is 173 Å². The molecule has 0 aliphatic carbocycles. The van der Waals surface area contributed by atoms with Crippen molar-refractivity contribution in [1.29, 1.82) is 0 Å². The summed E-state index contributed by atoms with van der Waals surface area (Å²) in [6.45, 7) is 2.10. The van der Waals surface area contributed by atoms with Gasteiger partial charge < -0.3 is 19.8 Å². The van der Waals surface area contributed by atoms with E-state index in [9.17, 15) is 14.4 Å². The molecule has 0 bridgehead atoms. The minimum atomic E-state index is -0.813. The average molecular weight is 406 g/mol. The molecule has 1 aliphatic heterocycles. The third-order valence-electron chi connectivity index (χ3n) is 5.33. The number of fused-ring (bicyclic) bond motifs is 1. The Morgan fingerprint density at radius 2 is 1.93 bits per heavy atom. The maximum Gasteiger partial charge on any atom is 0.336 e. The number of rotatable bonds is 5. The number of amides is 2. The van der Waals surface area contributed by atoms with Crippen molar-refractivity contribution < 1.29 is 18.7 Å². The highest BCUT2D eigenvalue weighted by Crippen LogP contribution is 2.30. The normalized spacial score (nSPS) is 17.1. The van der Waals surface area contributed by atoms with Crippen molar-refractivity contribution in [2.45, 2.75) is 31.9 Å². The first-order chi connectivity index (χ1) is 14.4. The van der Waals surface area contributed by atoms with Gasteiger partial charge in [-0.1, -0.05) is 30.3 Å². The fraction of sp³-hybridized carbons (Fsp3) is 0.261. The molecule has 2 N–H and O–H groups in total. The van der Waals surface area contributed by atoms with Gasteiger partial charge in [0.2, 0.25) is 5.91 Å². The molecule has 1 aliphatic rings. The molecule has 2 heterocycles. The fourth-order valence-electron chi connectivity index (χ4n) is 3.89. The third-order valence-corrected chi connectivity index (χ3v) is 5.33. The van der Waals surface area contributed by atoms with Gasteiger partial charge in [-0.05, 0) is 43.0 Å². The Morgan fingerprint density at radius 1 is 1.17 bits per heavy atom. The van der Waals surface area contributed by atoms with E-state index < -0.39 is 23.7 Å². The standard InChI is InChI=1S/C23H22N2O5/c1-14(23(28)25-11-5-8-19(25)22(24)27)29-16-9-10-17-18(15-6-3-2-4-7-15)13-21(26)30-20(17)12-16/h2-4,6-7,9-10,12-14,19H,5,8,11H2,1H3,(H2,24,27)/t14-,19+/m0/s1. The second-order valence-electron chi connectivity index (χ2n) is 7.36. The van der Waals surface area contributed by atoms with Crippen molar-refractivity contribution in [2.75, 3.05) is 6.54 Å². The first-order valence-corrected chi connectivity index (χ1v) is 9.84. The highest BCUT2D eigenvalue weighted by molar-refractivity contribution is 5.94. The molecule has 1 fully saturated rings. The molecule has 2 amide bonds. The summed E-state index contributed by atoms with van der Waals surface area (Å²) < 4.78 is 11.2. The largest absolute Gasteiger partial charge is 0.481 e. The van der Waals surface area contributed by atoms with Crippen LogP contribution in [0.4, 0.5) is 0 Å². The summed E-state index contributed by atoms with van der Waals surface area (Å²) in [7, 11) is 0. The van der Waals surface area contributed by atoms with Crippen LogP contribution in [-0.4, -0.2) is 35.4 Å². The monoisotopic (exact) mass is 406 g/mol. The van der Waals surface area contributed by atoms with Gasteiger partial charge in [-0.2, -0.15) is 0 Å². The number of nitrogens with zero attached hydrogens (tertiary/aromatic N) is 1. The molecule has 0 saturated carbocycles. The van der Waals surface area contributed by atoms with Crippen molar-refractivity contribution >= 4 is 22.8 Å². The molecule has 0 radical (unpaired) electrons. The van der Waals surface area contributed by atoms with Crippen LogP contribution < -0.4 is 16.1 Å². The SMILES string of the molecule is C[C@H](Oc1ccc2c(-c3ccccc3)cc(=O)oc2c1)C(=O)N1CCC[C@@H]1C(N)=O. The molecule has 1 saturated heterocycles. The summed E-state index contributed by atoms with van der Waals surface area (Å²) in [5, 5.41) is 0.764. The maximum absolute atomic E-state index is 12.7. The minimum Gasteiger partial charge on any atom is -0.481 e. The van der Waals surface area contributed by atoms with Crippen molar-refractivity contribution in [3.8, 4) is 16.9 Å². The number of nitrogens with two attached hydrogens (primary N) is 1. The molecule has 1 aromatic heterocycles. The van der Waals surface area contributed by atoms with Crippen LogP contribution in [0.3, 0.4) is 0 Å². The number of hydrogen-bond acceptors (Lipinski definition) is 5. The summed E-state index contributed by atoms with van der Waals surface area (Å²) in [4.78, 5) is 37.9. The molecule has 4 rings (SSSR count). The van der Waals surface area contributed by atoms with Gasteiger partial charge in [0.05, 0.1) is 0 Å². The molecular weight excluding hydrogens is 384 g/mol. The summed E-state index contributed by atoms with van der Waals surface area (Å²) in [6, 6.07) is 15.6. The van der Waals surface area contributed by atoms with Crippen molar-refractivity contribution in [2.24, 2.45) is 5.73 Å². The zero-order chi connectivity index (χ0) is 21.3. The summed E-state index contributed by atoms with van der Waals surface area (Å²) in [6.07, 6.45) is 0.485. The van der Waals surface area contributed by atoms with Crippen LogP contribution >= 0.6 is 0 Å². The molecular formula is C23H22N2O5. The number of carbonyl (C=O) groups is 2. The Morgan fingerprint density at radius 3 is 2.67 bits per heavy atom. The van der Waals surface area contributed by atoms with Crippen molar-refractivity contribution in [1.82, 2.24) is 4.90 Å². The van der Waals surface area contributed by atoms with Crippen LogP contribution in [0.5, 0.6) is 5.75 Å². The molecule has 0 spiro atoms. The zero-order valence-electron chi connectivity index (χ0n) is 16.5. The van der Waals surface area contributed by atoms with E-state index in [1.54, 1.807) is 25.1 Å². The summed E-state index contributed by atoms with van der Waals surface area (Å²) in [5.74, 6) is -0.406. The second-order valence-corrected chi connectivity index (χ2v) is 7.36. The molecule has 30 heavy (non-hydrogen) atoms. The lowest BCUT2D eigenvalue weighted by Gasteiger charge is -2.25. The number of hydrogen-bond donors (Lipinski definition) is 1. The highest BCUT2D eigenvalue weighted by atomic mass is 16.5. The molecule has 2 aromatic carbocycles. The van der Waals surface area contributed by atoms with E-state index in [-0.39, 0.29) is 5.91 Å².